The van der Waals surface area contributed by atoms with Crippen LogP contribution in [0.4, 0.5) is 0 Å². The Bertz CT molecular complexity index is 424. The summed E-state index contributed by atoms with van der Waals surface area (Å²) in [6, 6.07) is 0. The lowest BCUT2D eigenvalue weighted by atomic mass is 10.0. The summed E-state index contributed by atoms with van der Waals surface area (Å²) in [5.74, 6) is 1.77. The average Bonchev–Trinajstić information content (AvgIpc) is 2.68. The zero-order valence-corrected chi connectivity index (χ0v) is 8.88. The van der Waals surface area contributed by atoms with E-state index in [0.717, 1.165) is 30.6 Å². The van der Waals surface area contributed by atoms with E-state index in [1.807, 2.05) is 6.08 Å². The number of rotatable bonds is 1. The van der Waals surface area contributed by atoms with Crippen molar-refractivity contribution in [1.82, 2.24) is 0 Å². The number of ketones is 1. The Morgan fingerprint density at radius 1 is 1.40 bits per heavy atom. The number of hydrogen-bond donors (Lipinski definition) is 0. The van der Waals surface area contributed by atoms with Gasteiger partial charge >= 0.3 is 0 Å². The average molecular weight is 202 g/mol. The molecular formula is C13H14O2. The lowest BCUT2D eigenvalue weighted by molar-refractivity contribution is -0.115. The summed E-state index contributed by atoms with van der Waals surface area (Å²) in [5, 5.41) is 0. The third-order valence-electron chi connectivity index (χ3n) is 3.69. The van der Waals surface area contributed by atoms with Crippen LogP contribution in [0, 0.1) is 5.92 Å². The van der Waals surface area contributed by atoms with Crippen LogP contribution < -0.4 is 0 Å². The fraction of sp³-hybridized carbons (Fsp3) is 0.462. The molecule has 2 nitrogen and oxygen atoms in total. The third-order valence-corrected chi connectivity index (χ3v) is 3.69. The number of methoxy groups -OCH3 is 1. The number of Topliss-reactive ketones (excluding diaryl/α,β-unsaturated/α-hetero) is 1. The van der Waals surface area contributed by atoms with E-state index < -0.39 is 0 Å². The van der Waals surface area contributed by atoms with Crippen LogP contribution in [0.25, 0.3) is 0 Å². The summed E-state index contributed by atoms with van der Waals surface area (Å²) in [5.41, 5.74) is 3.74. The molecular weight excluding hydrogens is 188 g/mol. The fourth-order valence-electron chi connectivity index (χ4n) is 2.95. The predicted octanol–water partition coefficient (Wildman–Crippen LogP) is 2.53. The number of allylic oxidation sites excluding steroid dienone is 5. The van der Waals surface area contributed by atoms with Crippen molar-refractivity contribution in [2.75, 3.05) is 7.11 Å². The molecule has 0 amide bonds. The largest absolute Gasteiger partial charge is 0.501 e. The summed E-state index contributed by atoms with van der Waals surface area (Å²) < 4.78 is 5.27. The molecule has 78 valence electrons. The van der Waals surface area contributed by atoms with Gasteiger partial charge in [0.25, 0.3) is 0 Å². The van der Waals surface area contributed by atoms with E-state index in [4.69, 9.17) is 4.74 Å². The van der Waals surface area contributed by atoms with Crippen molar-refractivity contribution in [3.63, 3.8) is 0 Å². The molecule has 0 radical (unpaired) electrons. The molecule has 15 heavy (non-hydrogen) atoms. The standard InChI is InChI=1S/C13H14O2/c1-15-10-5-4-8-2-3-9-6-12(14)11(7-10)13(8)9/h4-5,9H,2-3,6-7H2,1H3. The highest BCUT2D eigenvalue weighted by molar-refractivity contribution is 6.01. The van der Waals surface area contributed by atoms with Gasteiger partial charge in [0.05, 0.1) is 7.11 Å². The van der Waals surface area contributed by atoms with Gasteiger partial charge in [-0.05, 0) is 36.0 Å². The lowest BCUT2D eigenvalue weighted by Gasteiger charge is -2.05. The van der Waals surface area contributed by atoms with E-state index >= 15 is 0 Å². The quantitative estimate of drug-likeness (QED) is 0.653. The van der Waals surface area contributed by atoms with Crippen LogP contribution in [-0.4, -0.2) is 12.9 Å². The van der Waals surface area contributed by atoms with E-state index in [-0.39, 0.29) is 0 Å². The van der Waals surface area contributed by atoms with Crippen LogP contribution in [0.15, 0.2) is 34.6 Å². The molecule has 0 N–H and O–H groups in total. The van der Waals surface area contributed by atoms with E-state index in [1.165, 1.54) is 11.1 Å². The summed E-state index contributed by atoms with van der Waals surface area (Å²) in [7, 11) is 1.67. The van der Waals surface area contributed by atoms with Gasteiger partial charge in [-0.25, -0.2) is 0 Å². The Morgan fingerprint density at radius 2 is 2.27 bits per heavy atom. The molecule has 1 atom stereocenters. The first-order valence-corrected chi connectivity index (χ1v) is 5.50. The number of carbonyl (C=O) groups is 1. The van der Waals surface area contributed by atoms with Crippen LogP contribution >= 0.6 is 0 Å². The first-order chi connectivity index (χ1) is 7.29. The Morgan fingerprint density at radius 3 is 3.07 bits per heavy atom. The molecule has 3 rings (SSSR count). The minimum absolute atomic E-state index is 0.338. The van der Waals surface area contributed by atoms with Gasteiger partial charge in [-0.15, -0.1) is 0 Å². The van der Waals surface area contributed by atoms with E-state index in [1.54, 1.807) is 7.11 Å². The van der Waals surface area contributed by atoms with Crippen LogP contribution in [0.5, 0.6) is 0 Å². The second-order valence-electron chi connectivity index (χ2n) is 4.46. The van der Waals surface area contributed by atoms with Crippen molar-refractivity contribution >= 4 is 5.78 Å². The topological polar surface area (TPSA) is 26.3 Å². The maximum absolute atomic E-state index is 11.8. The Hall–Kier alpha value is -1.31. The van der Waals surface area contributed by atoms with Gasteiger partial charge in [-0.3, -0.25) is 4.79 Å². The summed E-state index contributed by atoms with van der Waals surface area (Å²) in [6.07, 6.45) is 7.88. The minimum Gasteiger partial charge on any atom is -0.501 e. The zero-order valence-electron chi connectivity index (χ0n) is 8.88. The molecule has 1 unspecified atom stereocenters. The second kappa shape index (κ2) is 3.09. The van der Waals surface area contributed by atoms with Crippen molar-refractivity contribution in [1.29, 1.82) is 0 Å². The van der Waals surface area contributed by atoms with Gasteiger partial charge in [0.1, 0.15) is 5.76 Å². The van der Waals surface area contributed by atoms with Gasteiger partial charge in [0, 0.05) is 18.4 Å². The maximum Gasteiger partial charge on any atom is 0.160 e. The fourth-order valence-corrected chi connectivity index (χ4v) is 2.95. The number of carbonyl (C=O) groups excluding carboxylic acids is 1. The van der Waals surface area contributed by atoms with Crippen molar-refractivity contribution in [2.45, 2.75) is 25.7 Å². The normalized spacial score (nSPS) is 28.6. The van der Waals surface area contributed by atoms with Crippen molar-refractivity contribution in [2.24, 2.45) is 5.92 Å². The molecule has 0 aromatic carbocycles. The highest BCUT2D eigenvalue weighted by Gasteiger charge is 2.38. The van der Waals surface area contributed by atoms with Crippen molar-refractivity contribution in [3.05, 3.63) is 34.6 Å². The molecule has 3 aliphatic carbocycles. The van der Waals surface area contributed by atoms with Crippen LogP contribution in [0.1, 0.15) is 25.7 Å². The molecule has 1 fully saturated rings. The SMILES string of the molecule is COC1=CC=C2CCC3CC(=O)C(=C23)C1. The lowest BCUT2D eigenvalue weighted by Crippen LogP contribution is -2.00. The van der Waals surface area contributed by atoms with E-state index in [9.17, 15) is 4.79 Å². The number of hydrogen-bond acceptors (Lipinski definition) is 2. The van der Waals surface area contributed by atoms with Gasteiger partial charge in [0.15, 0.2) is 5.78 Å². The molecule has 0 spiro atoms. The summed E-state index contributed by atoms with van der Waals surface area (Å²) in [4.78, 5) is 11.8. The Balaban J connectivity index is 2.11. The zero-order chi connectivity index (χ0) is 10.4. The van der Waals surface area contributed by atoms with E-state index in [0.29, 0.717) is 18.1 Å². The molecule has 0 aliphatic heterocycles. The van der Waals surface area contributed by atoms with Gasteiger partial charge in [0.2, 0.25) is 0 Å². The molecule has 0 heterocycles. The molecule has 1 saturated carbocycles. The van der Waals surface area contributed by atoms with Crippen molar-refractivity contribution < 1.29 is 9.53 Å². The Labute approximate surface area is 89.3 Å². The third kappa shape index (κ3) is 1.21. The first kappa shape index (κ1) is 8.96. The van der Waals surface area contributed by atoms with Crippen molar-refractivity contribution in [3.8, 4) is 0 Å². The molecule has 0 bridgehead atoms. The molecule has 0 saturated heterocycles. The predicted molar refractivity (Wildman–Crippen MR) is 57.2 cm³/mol. The molecule has 2 heteroatoms. The maximum atomic E-state index is 11.8. The highest BCUT2D eigenvalue weighted by Crippen LogP contribution is 2.47. The minimum atomic E-state index is 0.338. The van der Waals surface area contributed by atoms with Crippen LogP contribution in [-0.2, 0) is 9.53 Å². The van der Waals surface area contributed by atoms with Crippen LogP contribution in [0.2, 0.25) is 0 Å². The van der Waals surface area contributed by atoms with Gasteiger partial charge in [-0.2, -0.15) is 0 Å². The monoisotopic (exact) mass is 202 g/mol. The Kier molecular flexibility index (Phi) is 1.84. The molecule has 0 aromatic heterocycles. The van der Waals surface area contributed by atoms with E-state index in [2.05, 4.69) is 6.08 Å². The number of ether oxygens (including phenoxy) is 1. The highest BCUT2D eigenvalue weighted by atomic mass is 16.5. The van der Waals surface area contributed by atoms with Gasteiger partial charge in [-0.1, -0.05) is 6.08 Å². The molecule has 0 aromatic rings. The van der Waals surface area contributed by atoms with Gasteiger partial charge < -0.3 is 4.74 Å². The summed E-state index contributed by atoms with van der Waals surface area (Å²) >= 11 is 0. The second-order valence-corrected chi connectivity index (χ2v) is 4.46. The summed E-state index contributed by atoms with van der Waals surface area (Å²) in [6.45, 7) is 0. The smallest absolute Gasteiger partial charge is 0.160 e. The first-order valence-electron chi connectivity index (χ1n) is 5.50. The van der Waals surface area contributed by atoms with Crippen LogP contribution in [0.3, 0.4) is 0 Å². The molecule has 3 aliphatic rings.